The number of esters is 1. The van der Waals surface area contributed by atoms with Crippen LogP contribution in [0.3, 0.4) is 0 Å². The molecule has 2 radical (unpaired) electrons. The van der Waals surface area contributed by atoms with Crippen LogP contribution < -0.4 is 0 Å². The Morgan fingerprint density at radius 1 is 1.31 bits per heavy atom. The van der Waals surface area contributed by atoms with Crippen molar-refractivity contribution >= 4 is 13.8 Å². The Labute approximate surface area is 82.5 Å². The molecule has 0 aliphatic carbocycles. The van der Waals surface area contributed by atoms with Gasteiger partial charge in [-0.25, -0.2) is 0 Å². The molecule has 2 nitrogen and oxygen atoms in total. The van der Waals surface area contributed by atoms with E-state index < -0.39 is 0 Å². The normalized spacial score (nSPS) is 11.3. The Balaban J connectivity index is 4.13. The summed E-state index contributed by atoms with van der Waals surface area (Å²) in [6, 6.07) is 0. The Morgan fingerprint density at radius 3 is 2.08 bits per heavy atom. The molecule has 0 aromatic carbocycles. The van der Waals surface area contributed by atoms with Crippen molar-refractivity contribution in [3.05, 3.63) is 0 Å². The molecule has 0 spiro atoms. The van der Waals surface area contributed by atoms with Gasteiger partial charge in [0.15, 0.2) is 0 Å². The van der Waals surface area contributed by atoms with Crippen molar-refractivity contribution in [3.63, 3.8) is 0 Å². The first kappa shape index (κ1) is 12.5. The molecule has 13 heavy (non-hydrogen) atoms. The van der Waals surface area contributed by atoms with Gasteiger partial charge in [0.05, 0.1) is 7.85 Å². The lowest BCUT2D eigenvalue weighted by molar-refractivity contribution is -0.156. The molecule has 0 fully saturated rings. The van der Waals surface area contributed by atoms with Crippen molar-refractivity contribution in [2.45, 2.75) is 58.4 Å². The molecule has 0 amide bonds. The van der Waals surface area contributed by atoms with E-state index in [0.717, 1.165) is 25.7 Å². The molecule has 0 N–H and O–H groups in total. The van der Waals surface area contributed by atoms with E-state index in [1.54, 1.807) is 0 Å². The minimum absolute atomic E-state index is 0.0248. The predicted molar refractivity (Wildman–Crippen MR) is 54.9 cm³/mol. The van der Waals surface area contributed by atoms with E-state index in [9.17, 15) is 4.79 Å². The predicted octanol–water partition coefficient (Wildman–Crippen LogP) is 2.48. The molecule has 0 atom stereocenters. The van der Waals surface area contributed by atoms with Crippen LogP contribution in [0.2, 0.25) is 6.32 Å². The summed E-state index contributed by atoms with van der Waals surface area (Å²) >= 11 is 0. The third-order valence-electron chi connectivity index (χ3n) is 2.08. The van der Waals surface area contributed by atoms with E-state index in [1.165, 1.54) is 0 Å². The van der Waals surface area contributed by atoms with Crippen LogP contribution in [0.25, 0.3) is 0 Å². The standard InChI is InChI=1S/C10H19BO2/c1-4-6-10(3,7-5-2)13-9(12)8-11/h4-8H2,1-3H3. The van der Waals surface area contributed by atoms with Gasteiger partial charge >= 0.3 is 0 Å². The van der Waals surface area contributed by atoms with Gasteiger partial charge in [0.1, 0.15) is 5.60 Å². The highest BCUT2D eigenvalue weighted by Crippen LogP contribution is 2.24. The highest BCUT2D eigenvalue weighted by Gasteiger charge is 2.25. The SMILES string of the molecule is [B]CC(=O)OC(C)(CCC)CCC. The van der Waals surface area contributed by atoms with Gasteiger partial charge in [0, 0.05) is 6.32 Å². The smallest absolute Gasteiger partial charge is 0.297 e. The summed E-state index contributed by atoms with van der Waals surface area (Å²) in [4.78, 5) is 11.0. The molecular weight excluding hydrogens is 163 g/mol. The first-order valence-corrected chi connectivity index (χ1v) is 5.00. The zero-order valence-corrected chi connectivity index (χ0v) is 8.93. The molecule has 0 unspecified atom stereocenters. The fourth-order valence-corrected chi connectivity index (χ4v) is 1.60. The van der Waals surface area contributed by atoms with Gasteiger partial charge in [-0.15, -0.1) is 0 Å². The Morgan fingerprint density at radius 2 is 1.77 bits per heavy atom. The number of hydrogen-bond donors (Lipinski definition) is 0. The maximum Gasteiger partial charge on any atom is 0.297 e. The van der Waals surface area contributed by atoms with Gasteiger partial charge in [0.2, 0.25) is 0 Å². The van der Waals surface area contributed by atoms with Crippen molar-refractivity contribution in [3.8, 4) is 0 Å². The van der Waals surface area contributed by atoms with Crippen molar-refractivity contribution in [2.24, 2.45) is 0 Å². The maximum absolute atomic E-state index is 11.0. The van der Waals surface area contributed by atoms with Gasteiger partial charge < -0.3 is 4.74 Å². The lowest BCUT2D eigenvalue weighted by Gasteiger charge is -2.29. The molecule has 0 bridgehead atoms. The third-order valence-corrected chi connectivity index (χ3v) is 2.08. The molecule has 0 aliphatic heterocycles. The first-order chi connectivity index (χ1) is 6.08. The Hall–Kier alpha value is -0.465. The number of carbonyl (C=O) groups is 1. The minimum atomic E-state index is -0.306. The van der Waals surface area contributed by atoms with E-state index in [0.29, 0.717) is 0 Å². The lowest BCUT2D eigenvalue weighted by Crippen LogP contribution is -2.31. The van der Waals surface area contributed by atoms with Crippen LogP contribution in [0.5, 0.6) is 0 Å². The van der Waals surface area contributed by atoms with Gasteiger partial charge in [-0.1, -0.05) is 26.7 Å². The monoisotopic (exact) mass is 182 g/mol. The fraction of sp³-hybridized carbons (Fsp3) is 0.900. The molecule has 74 valence electrons. The fourth-order valence-electron chi connectivity index (χ4n) is 1.60. The highest BCUT2D eigenvalue weighted by atomic mass is 16.6. The molecule has 0 rings (SSSR count). The van der Waals surface area contributed by atoms with E-state index >= 15 is 0 Å². The van der Waals surface area contributed by atoms with Crippen molar-refractivity contribution in [2.75, 3.05) is 0 Å². The molecule has 0 saturated carbocycles. The maximum atomic E-state index is 11.0. The highest BCUT2D eigenvalue weighted by molar-refractivity contribution is 6.18. The number of hydrogen-bond acceptors (Lipinski definition) is 2. The van der Waals surface area contributed by atoms with Crippen LogP contribution in [0.15, 0.2) is 0 Å². The van der Waals surface area contributed by atoms with Crippen molar-refractivity contribution in [1.29, 1.82) is 0 Å². The summed E-state index contributed by atoms with van der Waals surface area (Å²) in [5.74, 6) is -0.301. The second kappa shape index (κ2) is 6.06. The summed E-state index contributed by atoms with van der Waals surface area (Å²) in [7, 11) is 5.20. The quantitative estimate of drug-likeness (QED) is 0.465. The van der Waals surface area contributed by atoms with Crippen LogP contribution >= 0.6 is 0 Å². The molecule has 0 heterocycles. The van der Waals surface area contributed by atoms with Crippen LogP contribution in [0.4, 0.5) is 0 Å². The lowest BCUT2D eigenvalue weighted by atomic mass is 9.94. The van der Waals surface area contributed by atoms with E-state index in [4.69, 9.17) is 12.6 Å². The number of ether oxygens (including phenoxy) is 1. The molecule has 0 aliphatic rings. The second-order valence-electron chi connectivity index (χ2n) is 3.63. The Bertz CT molecular complexity index is 151. The number of rotatable bonds is 6. The van der Waals surface area contributed by atoms with Gasteiger partial charge in [-0.3, -0.25) is 4.79 Å². The van der Waals surface area contributed by atoms with Crippen LogP contribution in [-0.4, -0.2) is 19.4 Å². The van der Waals surface area contributed by atoms with E-state index in [1.807, 2.05) is 6.92 Å². The first-order valence-electron chi connectivity index (χ1n) is 5.00. The molecule has 0 aromatic rings. The van der Waals surface area contributed by atoms with Crippen molar-refractivity contribution < 1.29 is 9.53 Å². The minimum Gasteiger partial charge on any atom is -0.460 e. The van der Waals surface area contributed by atoms with E-state index in [-0.39, 0.29) is 17.9 Å². The largest absolute Gasteiger partial charge is 0.460 e. The summed E-state index contributed by atoms with van der Waals surface area (Å²) in [6.07, 6.45) is 3.84. The van der Waals surface area contributed by atoms with Crippen molar-refractivity contribution in [1.82, 2.24) is 0 Å². The average Bonchev–Trinajstić information content (AvgIpc) is 2.04. The van der Waals surface area contributed by atoms with E-state index in [2.05, 4.69) is 13.8 Å². The Kier molecular flexibility index (Phi) is 5.84. The summed E-state index contributed by atoms with van der Waals surface area (Å²) in [6.45, 7) is 6.15. The van der Waals surface area contributed by atoms with Crippen LogP contribution in [-0.2, 0) is 9.53 Å². The zero-order valence-electron chi connectivity index (χ0n) is 8.93. The van der Waals surface area contributed by atoms with Gasteiger partial charge in [-0.2, -0.15) is 0 Å². The molecule has 0 saturated heterocycles. The molecule has 3 heteroatoms. The summed E-state index contributed by atoms with van der Waals surface area (Å²) in [5.41, 5.74) is -0.306. The topological polar surface area (TPSA) is 26.3 Å². The number of carbonyl (C=O) groups excluding carboxylic acids is 1. The summed E-state index contributed by atoms with van der Waals surface area (Å²) < 4.78 is 5.30. The second-order valence-corrected chi connectivity index (χ2v) is 3.63. The zero-order chi connectivity index (χ0) is 10.3. The molecular formula is C10H19BO2. The van der Waals surface area contributed by atoms with Gasteiger partial charge in [-0.05, 0) is 19.8 Å². The molecule has 0 aromatic heterocycles. The van der Waals surface area contributed by atoms with Gasteiger partial charge in [0.25, 0.3) is 5.97 Å². The van der Waals surface area contributed by atoms with Crippen LogP contribution in [0, 0.1) is 0 Å². The summed E-state index contributed by atoms with van der Waals surface area (Å²) in [5, 5.41) is 0. The average molecular weight is 182 g/mol. The third kappa shape index (κ3) is 4.96. The van der Waals surface area contributed by atoms with Crippen LogP contribution in [0.1, 0.15) is 46.5 Å².